The molecule has 0 unspecified atom stereocenters. The molecule has 0 saturated heterocycles. The first-order valence-electron chi connectivity index (χ1n) is 9.01. The second kappa shape index (κ2) is 7.99. The average Bonchev–Trinajstić information content (AvgIpc) is 2.61. The van der Waals surface area contributed by atoms with E-state index in [-0.39, 0.29) is 5.91 Å². The molecule has 0 radical (unpaired) electrons. The van der Waals surface area contributed by atoms with Crippen LogP contribution in [0, 0.1) is 13.8 Å². The number of carbonyl (C=O) groups is 1. The van der Waals surface area contributed by atoms with Gasteiger partial charge in [-0.25, -0.2) is 9.97 Å². The lowest BCUT2D eigenvalue weighted by Crippen LogP contribution is -2.12. The van der Waals surface area contributed by atoms with Crippen LogP contribution in [0.15, 0.2) is 54.6 Å². The highest BCUT2D eigenvalue weighted by molar-refractivity contribution is 6.04. The molecule has 0 aliphatic heterocycles. The van der Waals surface area contributed by atoms with Crippen molar-refractivity contribution in [1.29, 1.82) is 0 Å². The van der Waals surface area contributed by atoms with E-state index in [4.69, 9.17) is 0 Å². The molecule has 0 atom stereocenters. The molecule has 3 aromatic rings. The van der Waals surface area contributed by atoms with Gasteiger partial charge in [-0.3, -0.25) is 4.79 Å². The Kier molecular flexibility index (Phi) is 5.50. The Morgan fingerprint density at radius 3 is 2.19 bits per heavy atom. The van der Waals surface area contributed by atoms with Crippen molar-refractivity contribution in [1.82, 2.24) is 9.97 Å². The number of amides is 1. The van der Waals surface area contributed by atoms with Crippen molar-refractivity contribution in [3.8, 4) is 0 Å². The third-order valence-corrected chi connectivity index (χ3v) is 4.20. The Bertz CT molecular complexity index is 929. The minimum atomic E-state index is -0.155. The topological polar surface area (TPSA) is 66.9 Å². The zero-order valence-electron chi connectivity index (χ0n) is 16.1. The first-order valence-corrected chi connectivity index (χ1v) is 9.01. The maximum absolute atomic E-state index is 12.6. The van der Waals surface area contributed by atoms with Gasteiger partial charge >= 0.3 is 0 Å². The zero-order valence-corrected chi connectivity index (χ0v) is 16.1. The van der Waals surface area contributed by atoms with Gasteiger partial charge in [-0.1, -0.05) is 32.0 Å². The highest BCUT2D eigenvalue weighted by Crippen LogP contribution is 2.19. The molecule has 3 rings (SSSR count). The summed E-state index contributed by atoms with van der Waals surface area (Å²) in [5.41, 5.74) is 5.14. The predicted octanol–water partition coefficient (Wildman–Crippen LogP) is 5.21. The molecule has 0 aliphatic carbocycles. The van der Waals surface area contributed by atoms with Crippen molar-refractivity contribution in [2.45, 2.75) is 33.6 Å². The van der Waals surface area contributed by atoms with Gasteiger partial charge in [-0.15, -0.1) is 0 Å². The molecular weight excluding hydrogens is 336 g/mol. The van der Waals surface area contributed by atoms with Gasteiger partial charge in [-0.2, -0.15) is 0 Å². The summed E-state index contributed by atoms with van der Waals surface area (Å²) >= 11 is 0. The minimum Gasteiger partial charge on any atom is -0.324 e. The molecular formula is C22H24N4O. The normalized spacial score (nSPS) is 10.7. The highest BCUT2D eigenvalue weighted by atomic mass is 16.1. The van der Waals surface area contributed by atoms with Gasteiger partial charge in [0.25, 0.3) is 5.91 Å². The number of nitrogens with one attached hydrogen (secondary N) is 2. The summed E-state index contributed by atoms with van der Waals surface area (Å²) in [7, 11) is 0. The summed E-state index contributed by atoms with van der Waals surface area (Å²) in [6, 6.07) is 17.1. The Hall–Kier alpha value is -3.21. The summed E-state index contributed by atoms with van der Waals surface area (Å²) in [5, 5.41) is 6.10. The van der Waals surface area contributed by atoms with Crippen LogP contribution in [-0.2, 0) is 0 Å². The standard InChI is InChI=1S/C22H24N4O/c1-14(2)17-8-10-19(11-9-17)25-21(27)18-6-5-7-20(13-18)26-22-23-15(3)12-16(4)24-22/h5-14H,1-4H3,(H,25,27)(H,23,24,26). The molecule has 1 aromatic heterocycles. The van der Waals surface area contributed by atoms with Crippen molar-refractivity contribution >= 4 is 23.2 Å². The van der Waals surface area contributed by atoms with Crippen molar-refractivity contribution in [3.63, 3.8) is 0 Å². The van der Waals surface area contributed by atoms with Crippen LogP contribution in [0.4, 0.5) is 17.3 Å². The summed E-state index contributed by atoms with van der Waals surface area (Å²) < 4.78 is 0. The van der Waals surface area contributed by atoms with Crippen molar-refractivity contribution in [2.24, 2.45) is 0 Å². The van der Waals surface area contributed by atoms with E-state index in [1.807, 2.05) is 56.3 Å². The van der Waals surface area contributed by atoms with Crippen LogP contribution in [0.25, 0.3) is 0 Å². The van der Waals surface area contributed by atoms with E-state index in [2.05, 4.69) is 34.4 Å². The molecule has 138 valence electrons. The molecule has 0 aliphatic rings. The van der Waals surface area contributed by atoms with Crippen LogP contribution >= 0.6 is 0 Å². The molecule has 0 saturated carbocycles. The molecule has 5 heteroatoms. The van der Waals surface area contributed by atoms with Crippen LogP contribution in [0.5, 0.6) is 0 Å². The number of nitrogens with zero attached hydrogens (tertiary/aromatic N) is 2. The summed E-state index contributed by atoms with van der Waals surface area (Å²) in [6.07, 6.45) is 0. The van der Waals surface area contributed by atoms with Gasteiger partial charge in [0.2, 0.25) is 5.95 Å². The van der Waals surface area contributed by atoms with E-state index in [9.17, 15) is 4.79 Å². The summed E-state index contributed by atoms with van der Waals surface area (Å²) in [5.74, 6) is 0.830. The molecule has 1 amide bonds. The molecule has 2 N–H and O–H groups in total. The fraction of sp³-hybridized carbons (Fsp3) is 0.227. The number of carbonyl (C=O) groups excluding carboxylic acids is 1. The highest BCUT2D eigenvalue weighted by Gasteiger charge is 2.08. The van der Waals surface area contributed by atoms with E-state index in [1.54, 1.807) is 12.1 Å². The number of anilines is 3. The van der Waals surface area contributed by atoms with E-state index in [0.29, 0.717) is 17.4 Å². The van der Waals surface area contributed by atoms with Gasteiger partial charge in [0.1, 0.15) is 0 Å². The Labute approximate surface area is 159 Å². The van der Waals surface area contributed by atoms with Gasteiger partial charge in [0.05, 0.1) is 0 Å². The average molecular weight is 360 g/mol. The number of benzene rings is 2. The van der Waals surface area contributed by atoms with E-state index in [0.717, 1.165) is 22.8 Å². The fourth-order valence-electron chi connectivity index (χ4n) is 2.80. The lowest BCUT2D eigenvalue weighted by atomic mass is 10.0. The van der Waals surface area contributed by atoms with Crippen molar-refractivity contribution < 1.29 is 4.79 Å². The van der Waals surface area contributed by atoms with Gasteiger partial charge < -0.3 is 10.6 Å². The third kappa shape index (κ3) is 4.91. The minimum absolute atomic E-state index is 0.155. The van der Waals surface area contributed by atoms with Crippen molar-refractivity contribution in [3.05, 3.63) is 77.1 Å². The number of aryl methyl sites for hydroxylation is 2. The summed E-state index contributed by atoms with van der Waals surface area (Å²) in [6.45, 7) is 8.14. The number of rotatable bonds is 5. The lowest BCUT2D eigenvalue weighted by molar-refractivity contribution is 0.102. The van der Waals surface area contributed by atoms with E-state index < -0.39 is 0 Å². The van der Waals surface area contributed by atoms with E-state index >= 15 is 0 Å². The predicted molar refractivity (Wildman–Crippen MR) is 110 cm³/mol. The molecule has 5 nitrogen and oxygen atoms in total. The van der Waals surface area contributed by atoms with Gasteiger partial charge in [0, 0.05) is 28.3 Å². The second-order valence-corrected chi connectivity index (χ2v) is 6.91. The Morgan fingerprint density at radius 1 is 0.889 bits per heavy atom. The first-order chi connectivity index (χ1) is 12.9. The van der Waals surface area contributed by atoms with E-state index in [1.165, 1.54) is 5.56 Å². The molecule has 1 heterocycles. The molecule has 2 aromatic carbocycles. The fourth-order valence-corrected chi connectivity index (χ4v) is 2.80. The monoisotopic (exact) mass is 360 g/mol. The smallest absolute Gasteiger partial charge is 0.255 e. The Balaban J connectivity index is 1.73. The second-order valence-electron chi connectivity index (χ2n) is 6.91. The number of aromatic nitrogens is 2. The Morgan fingerprint density at radius 2 is 1.56 bits per heavy atom. The molecule has 0 fully saturated rings. The van der Waals surface area contributed by atoms with Crippen LogP contribution in [0.2, 0.25) is 0 Å². The molecule has 27 heavy (non-hydrogen) atoms. The number of hydrogen-bond donors (Lipinski definition) is 2. The summed E-state index contributed by atoms with van der Waals surface area (Å²) in [4.78, 5) is 21.3. The maximum atomic E-state index is 12.6. The maximum Gasteiger partial charge on any atom is 0.255 e. The quantitative estimate of drug-likeness (QED) is 0.655. The van der Waals surface area contributed by atoms with Gasteiger partial charge in [-0.05, 0) is 61.7 Å². The number of hydrogen-bond acceptors (Lipinski definition) is 4. The van der Waals surface area contributed by atoms with Crippen LogP contribution in [0.3, 0.4) is 0 Å². The zero-order chi connectivity index (χ0) is 19.4. The SMILES string of the molecule is Cc1cc(C)nc(Nc2cccc(C(=O)Nc3ccc(C(C)C)cc3)c2)n1. The largest absolute Gasteiger partial charge is 0.324 e. The molecule has 0 spiro atoms. The van der Waals surface area contributed by atoms with Gasteiger partial charge in [0.15, 0.2) is 0 Å². The third-order valence-electron chi connectivity index (χ3n) is 4.20. The van der Waals surface area contributed by atoms with Crippen LogP contribution in [0.1, 0.15) is 47.1 Å². The van der Waals surface area contributed by atoms with Crippen molar-refractivity contribution in [2.75, 3.05) is 10.6 Å². The molecule has 0 bridgehead atoms. The van der Waals surface area contributed by atoms with Crippen LogP contribution < -0.4 is 10.6 Å². The lowest BCUT2D eigenvalue weighted by Gasteiger charge is -2.10. The van der Waals surface area contributed by atoms with Crippen LogP contribution in [-0.4, -0.2) is 15.9 Å². The first kappa shape index (κ1) is 18.6.